The Morgan fingerprint density at radius 1 is 1.21 bits per heavy atom. The van der Waals surface area contributed by atoms with Crippen molar-refractivity contribution in [1.82, 2.24) is 18.9 Å². The van der Waals surface area contributed by atoms with E-state index >= 15 is 0 Å². The van der Waals surface area contributed by atoms with Crippen LogP contribution in [0.4, 0.5) is 0 Å². The Morgan fingerprint density at radius 3 is 2.83 bits per heavy atom. The second kappa shape index (κ2) is 6.38. The van der Waals surface area contributed by atoms with Gasteiger partial charge in [-0.25, -0.2) is 17.4 Å². The van der Waals surface area contributed by atoms with Crippen molar-refractivity contribution < 1.29 is 8.42 Å². The van der Waals surface area contributed by atoms with Gasteiger partial charge in [0.15, 0.2) is 5.82 Å². The summed E-state index contributed by atoms with van der Waals surface area (Å²) in [5.74, 6) is 0.750. The number of rotatable bonds is 4. The van der Waals surface area contributed by atoms with Crippen LogP contribution in [0.3, 0.4) is 0 Å². The monoisotopic (exact) mass is 405 g/mol. The zero-order chi connectivity index (χ0) is 20.2. The van der Waals surface area contributed by atoms with E-state index in [1.807, 2.05) is 37.3 Å². The maximum absolute atomic E-state index is 12.4. The van der Waals surface area contributed by atoms with Gasteiger partial charge in [-0.1, -0.05) is 12.1 Å². The molecule has 0 atom stereocenters. The molecule has 29 heavy (non-hydrogen) atoms. The summed E-state index contributed by atoms with van der Waals surface area (Å²) in [4.78, 5) is 16.9. The minimum atomic E-state index is -3.38. The highest BCUT2D eigenvalue weighted by Gasteiger charge is 2.17. The van der Waals surface area contributed by atoms with Gasteiger partial charge in [-0.05, 0) is 43.2 Å². The van der Waals surface area contributed by atoms with Crippen molar-refractivity contribution in [3.8, 4) is 11.1 Å². The molecule has 0 unspecified atom stereocenters. The highest BCUT2D eigenvalue weighted by Crippen LogP contribution is 2.30. The van der Waals surface area contributed by atoms with Gasteiger partial charge in [0.2, 0.25) is 10.0 Å². The molecule has 0 bridgehead atoms. The minimum Gasteiger partial charge on any atom is -0.335 e. The second-order valence-corrected chi connectivity index (χ2v) is 9.28. The number of H-pyrrole nitrogens is 1. The van der Waals surface area contributed by atoms with Gasteiger partial charge in [-0.3, -0.25) is 9.98 Å². The van der Waals surface area contributed by atoms with Crippen molar-refractivity contribution in [2.75, 3.05) is 12.3 Å². The Hall–Kier alpha value is -3.26. The van der Waals surface area contributed by atoms with Crippen LogP contribution in [-0.2, 0) is 10.0 Å². The number of imidazole rings is 1. The van der Waals surface area contributed by atoms with Gasteiger partial charge in [0.1, 0.15) is 5.71 Å². The first kappa shape index (κ1) is 17.8. The summed E-state index contributed by atoms with van der Waals surface area (Å²) in [5.41, 5.74) is 5.98. The molecule has 7 nitrogen and oxygen atoms in total. The normalized spacial score (nSPS) is 14.6. The van der Waals surface area contributed by atoms with Crippen molar-refractivity contribution in [2.24, 2.45) is 4.99 Å². The lowest BCUT2D eigenvalue weighted by molar-refractivity contribution is 0.590. The maximum atomic E-state index is 12.4. The number of aliphatic imine (C=N–C) groups is 1. The standard InChI is InChI=1S/C21H19N5O2S/c1-3-29(27,28)26-7-6-14-4-5-15(9-19(14)26)16-11-22-12-18-20(16)25-21(24-18)17-8-13(2)10-23-17/h4-9,11-12H,3,10H2,1-2H3,(H,24,25). The number of benzene rings is 1. The molecular formula is C21H19N5O2S. The summed E-state index contributed by atoms with van der Waals surface area (Å²) in [6.07, 6.45) is 7.13. The van der Waals surface area contributed by atoms with E-state index in [2.05, 4.69) is 15.0 Å². The molecule has 0 aliphatic carbocycles. The number of nitrogens with zero attached hydrogens (tertiary/aromatic N) is 4. The lowest BCUT2D eigenvalue weighted by atomic mass is 10.1. The molecule has 0 amide bonds. The van der Waals surface area contributed by atoms with Crippen LogP contribution in [0, 0.1) is 0 Å². The predicted molar refractivity (Wildman–Crippen MR) is 115 cm³/mol. The van der Waals surface area contributed by atoms with E-state index in [0.29, 0.717) is 17.9 Å². The fourth-order valence-electron chi connectivity index (χ4n) is 3.60. The van der Waals surface area contributed by atoms with Crippen LogP contribution in [0.5, 0.6) is 0 Å². The van der Waals surface area contributed by atoms with Crippen LogP contribution < -0.4 is 0 Å². The van der Waals surface area contributed by atoms with Crippen molar-refractivity contribution in [3.63, 3.8) is 0 Å². The summed E-state index contributed by atoms with van der Waals surface area (Å²) in [6, 6.07) is 7.58. The molecule has 0 spiro atoms. The molecular weight excluding hydrogens is 386 g/mol. The van der Waals surface area contributed by atoms with E-state index in [1.54, 1.807) is 25.5 Å². The largest absolute Gasteiger partial charge is 0.335 e. The number of allylic oxidation sites excluding steroid dienone is 1. The molecule has 0 saturated carbocycles. The third kappa shape index (κ3) is 2.87. The Morgan fingerprint density at radius 2 is 2.07 bits per heavy atom. The smallest absolute Gasteiger partial charge is 0.238 e. The molecule has 4 heterocycles. The number of nitrogens with one attached hydrogen (secondary N) is 1. The minimum absolute atomic E-state index is 0.0376. The molecule has 5 rings (SSSR count). The van der Waals surface area contributed by atoms with Crippen molar-refractivity contribution in [1.29, 1.82) is 0 Å². The van der Waals surface area contributed by atoms with Gasteiger partial charge < -0.3 is 4.98 Å². The van der Waals surface area contributed by atoms with Crippen molar-refractivity contribution in [3.05, 3.63) is 60.3 Å². The number of fused-ring (bicyclic) bond motifs is 2. The lowest BCUT2D eigenvalue weighted by Crippen LogP contribution is -2.13. The van der Waals surface area contributed by atoms with Gasteiger partial charge in [0.25, 0.3) is 0 Å². The van der Waals surface area contributed by atoms with Crippen LogP contribution in [0.25, 0.3) is 33.1 Å². The predicted octanol–water partition coefficient (Wildman–Crippen LogP) is 3.53. The van der Waals surface area contributed by atoms with Crippen LogP contribution in [0.1, 0.15) is 19.7 Å². The number of hydrogen-bond donors (Lipinski definition) is 1. The SMILES string of the molecule is CCS(=O)(=O)n1ccc2ccc(-c3cncc4[nH]c(C5=NCC(C)=C5)nc34)cc21. The first-order valence-corrected chi connectivity index (χ1v) is 11.0. The average Bonchev–Trinajstić information content (AvgIpc) is 3.44. The van der Waals surface area contributed by atoms with Crippen LogP contribution in [0.2, 0.25) is 0 Å². The topological polar surface area (TPSA) is 93.0 Å². The van der Waals surface area contributed by atoms with E-state index in [1.165, 1.54) is 9.55 Å². The summed E-state index contributed by atoms with van der Waals surface area (Å²) >= 11 is 0. The molecule has 1 aromatic carbocycles. The fourth-order valence-corrected chi connectivity index (χ4v) is 4.58. The molecule has 4 aromatic rings. The first-order valence-electron chi connectivity index (χ1n) is 9.37. The highest BCUT2D eigenvalue weighted by atomic mass is 32.2. The number of aromatic amines is 1. The maximum Gasteiger partial charge on any atom is 0.238 e. The summed E-state index contributed by atoms with van der Waals surface area (Å²) in [7, 11) is -3.38. The van der Waals surface area contributed by atoms with Crippen molar-refractivity contribution >= 4 is 37.7 Å². The number of pyridine rings is 1. The Kier molecular flexibility index (Phi) is 3.92. The Bertz CT molecular complexity index is 1440. The Balaban J connectivity index is 1.69. The summed E-state index contributed by atoms with van der Waals surface area (Å²) in [6.45, 7) is 4.38. The highest BCUT2D eigenvalue weighted by molar-refractivity contribution is 7.90. The van der Waals surface area contributed by atoms with Crippen LogP contribution in [-0.4, -0.2) is 45.4 Å². The third-order valence-corrected chi connectivity index (χ3v) is 6.80. The number of hydrogen-bond acceptors (Lipinski definition) is 5. The third-order valence-electron chi connectivity index (χ3n) is 5.15. The van der Waals surface area contributed by atoms with Gasteiger partial charge in [-0.15, -0.1) is 0 Å². The molecule has 0 fully saturated rings. The molecule has 146 valence electrons. The van der Waals surface area contributed by atoms with Crippen LogP contribution in [0.15, 0.2) is 59.5 Å². The molecule has 0 radical (unpaired) electrons. The van der Waals surface area contributed by atoms with Gasteiger partial charge in [-0.2, -0.15) is 0 Å². The van der Waals surface area contributed by atoms with Gasteiger partial charge >= 0.3 is 0 Å². The fraction of sp³-hybridized carbons (Fsp3) is 0.190. The second-order valence-electron chi connectivity index (χ2n) is 7.15. The molecule has 1 aliphatic heterocycles. The van der Waals surface area contributed by atoms with Crippen LogP contribution >= 0.6 is 0 Å². The quantitative estimate of drug-likeness (QED) is 0.562. The molecule has 0 saturated heterocycles. The van der Waals surface area contributed by atoms with E-state index in [0.717, 1.165) is 33.3 Å². The average molecular weight is 405 g/mol. The zero-order valence-electron chi connectivity index (χ0n) is 16.0. The lowest BCUT2D eigenvalue weighted by Gasteiger charge is -2.07. The van der Waals surface area contributed by atoms with Gasteiger partial charge in [0.05, 0.1) is 35.0 Å². The zero-order valence-corrected chi connectivity index (χ0v) is 16.9. The molecule has 3 aromatic heterocycles. The summed E-state index contributed by atoms with van der Waals surface area (Å²) < 4.78 is 26.2. The van der Waals surface area contributed by atoms with E-state index < -0.39 is 10.0 Å². The summed E-state index contributed by atoms with van der Waals surface area (Å²) in [5, 5.41) is 0.870. The first-order chi connectivity index (χ1) is 14.0. The van der Waals surface area contributed by atoms with E-state index in [-0.39, 0.29) is 5.75 Å². The number of aromatic nitrogens is 4. The Labute approximate surface area is 167 Å². The molecule has 1 aliphatic rings. The van der Waals surface area contributed by atoms with Crippen molar-refractivity contribution in [2.45, 2.75) is 13.8 Å². The van der Waals surface area contributed by atoms with E-state index in [4.69, 9.17) is 4.98 Å². The molecule has 1 N–H and O–H groups in total. The van der Waals surface area contributed by atoms with E-state index in [9.17, 15) is 8.42 Å². The molecule has 8 heteroatoms. The van der Waals surface area contributed by atoms with Gasteiger partial charge in [0, 0.05) is 23.3 Å².